The summed E-state index contributed by atoms with van der Waals surface area (Å²) in [6.07, 6.45) is 4.59. The van der Waals surface area contributed by atoms with E-state index in [0.717, 1.165) is 30.7 Å². The third-order valence-corrected chi connectivity index (χ3v) is 4.26. The zero-order valence-corrected chi connectivity index (χ0v) is 11.2. The maximum atomic E-state index is 4.80. The van der Waals surface area contributed by atoms with Crippen LogP contribution in [0.5, 0.6) is 0 Å². The molecule has 96 valence electrons. The number of nitrogens with zero attached hydrogens (tertiary/aromatic N) is 1. The predicted octanol–water partition coefficient (Wildman–Crippen LogP) is 3.11. The summed E-state index contributed by atoms with van der Waals surface area (Å²) >= 11 is 0. The number of aromatic nitrogens is 2. The molecule has 2 heterocycles. The fourth-order valence-corrected chi connectivity index (χ4v) is 2.98. The van der Waals surface area contributed by atoms with E-state index in [4.69, 9.17) is 4.98 Å². The summed E-state index contributed by atoms with van der Waals surface area (Å²) in [5.74, 6) is 1.12. The van der Waals surface area contributed by atoms with Crippen molar-refractivity contribution in [2.45, 2.75) is 45.1 Å². The molecule has 0 amide bonds. The number of nitrogens with one attached hydrogen (secondary N) is 2. The van der Waals surface area contributed by atoms with Crippen LogP contribution in [0, 0.1) is 0 Å². The normalized spacial score (nSPS) is 23.9. The molecule has 1 aliphatic heterocycles. The van der Waals surface area contributed by atoms with E-state index in [1.54, 1.807) is 0 Å². The second kappa shape index (κ2) is 4.39. The molecule has 0 aliphatic carbocycles. The van der Waals surface area contributed by atoms with E-state index in [-0.39, 0.29) is 5.54 Å². The molecule has 2 aromatic rings. The monoisotopic (exact) mass is 243 g/mol. The molecule has 2 N–H and O–H groups in total. The Hall–Kier alpha value is -1.35. The number of aromatic amines is 1. The van der Waals surface area contributed by atoms with Crippen molar-refractivity contribution in [3.05, 3.63) is 29.6 Å². The van der Waals surface area contributed by atoms with Gasteiger partial charge in [0.1, 0.15) is 5.82 Å². The average molecular weight is 243 g/mol. The predicted molar refractivity (Wildman–Crippen MR) is 74.7 cm³/mol. The number of H-pyrrole nitrogens is 1. The highest BCUT2D eigenvalue weighted by Crippen LogP contribution is 2.33. The lowest BCUT2D eigenvalue weighted by Crippen LogP contribution is -2.37. The Balaban J connectivity index is 2.07. The zero-order chi connectivity index (χ0) is 12.6. The number of hydrogen-bond donors (Lipinski definition) is 2. The molecule has 1 aliphatic rings. The Labute approximate surface area is 108 Å². The van der Waals surface area contributed by atoms with Crippen molar-refractivity contribution >= 4 is 11.0 Å². The van der Waals surface area contributed by atoms with Crippen LogP contribution >= 0.6 is 0 Å². The minimum atomic E-state index is 0.0748. The van der Waals surface area contributed by atoms with Crippen molar-refractivity contribution in [1.29, 1.82) is 0 Å². The van der Waals surface area contributed by atoms with Crippen LogP contribution in [-0.2, 0) is 12.0 Å². The highest BCUT2D eigenvalue weighted by molar-refractivity contribution is 5.76. The smallest absolute Gasteiger partial charge is 0.127 e. The summed E-state index contributed by atoms with van der Waals surface area (Å²) in [7, 11) is 0. The van der Waals surface area contributed by atoms with Gasteiger partial charge in [0.15, 0.2) is 0 Å². The molecule has 18 heavy (non-hydrogen) atoms. The first kappa shape index (κ1) is 11.7. The summed E-state index contributed by atoms with van der Waals surface area (Å²) in [4.78, 5) is 8.33. The van der Waals surface area contributed by atoms with Gasteiger partial charge in [-0.2, -0.15) is 0 Å². The van der Waals surface area contributed by atoms with Crippen LogP contribution in [0.3, 0.4) is 0 Å². The van der Waals surface area contributed by atoms with Crippen LogP contribution < -0.4 is 5.32 Å². The molecule has 0 bridgehead atoms. The zero-order valence-electron chi connectivity index (χ0n) is 11.2. The van der Waals surface area contributed by atoms with Crippen LogP contribution in [0.1, 0.15) is 44.5 Å². The van der Waals surface area contributed by atoms with Gasteiger partial charge in [-0.3, -0.25) is 0 Å². The van der Waals surface area contributed by atoms with E-state index in [2.05, 4.69) is 42.3 Å². The number of imidazole rings is 1. The Morgan fingerprint density at radius 1 is 1.33 bits per heavy atom. The molecule has 0 radical (unpaired) electrons. The Kier molecular flexibility index (Phi) is 2.86. The molecule has 3 heteroatoms. The summed E-state index contributed by atoms with van der Waals surface area (Å²) in [6, 6.07) is 6.53. The Morgan fingerprint density at radius 3 is 2.89 bits per heavy atom. The molecular formula is C15H21N3. The molecule has 1 unspecified atom stereocenters. The van der Waals surface area contributed by atoms with Gasteiger partial charge in [-0.05, 0) is 49.9 Å². The maximum Gasteiger partial charge on any atom is 0.127 e. The van der Waals surface area contributed by atoms with Crippen LogP contribution in [0.15, 0.2) is 18.2 Å². The van der Waals surface area contributed by atoms with Crippen LogP contribution in [0.2, 0.25) is 0 Å². The molecule has 3 nitrogen and oxygen atoms in total. The fraction of sp³-hybridized carbons (Fsp3) is 0.533. The summed E-state index contributed by atoms with van der Waals surface area (Å²) in [5.41, 5.74) is 3.70. The van der Waals surface area contributed by atoms with E-state index in [1.807, 2.05) is 0 Å². The molecule has 0 saturated carbocycles. The Bertz CT molecular complexity index is 550. The molecule has 1 saturated heterocycles. The van der Waals surface area contributed by atoms with E-state index >= 15 is 0 Å². The number of hydrogen-bond acceptors (Lipinski definition) is 2. The molecule has 1 aromatic carbocycles. The van der Waals surface area contributed by atoms with Gasteiger partial charge in [-0.15, -0.1) is 0 Å². The van der Waals surface area contributed by atoms with Crippen molar-refractivity contribution in [1.82, 2.24) is 15.3 Å². The highest BCUT2D eigenvalue weighted by atomic mass is 15.1. The number of benzene rings is 1. The van der Waals surface area contributed by atoms with Gasteiger partial charge >= 0.3 is 0 Å². The fourth-order valence-electron chi connectivity index (χ4n) is 2.98. The average Bonchev–Trinajstić information content (AvgIpc) is 3.04. The SMILES string of the molecule is CCc1ccc2nc(C3(CC)CCCN3)[nH]c2c1. The van der Waals surface area contributed by atoms with Gasteiger partial charge in [0.25, 0.3) is 0 Å². The molecule has 0 spiro atoms. The number of fused-ring (bicyclic) bond motifs is 1. The van der Waals surface area contributed by atoms with Gasteiger partial charge < -0.3 is 10.3 Å². The topological polar surface area (TPSA) is 40.7 Å². The lowest BCUT2D eigenvalue weighted by atomic mass is 9.93. The van der Waals surface area contributed by atoms with Crippen LogP contribution in [0.4, 0.5) is 0 Å². The third-order valence-electron chi connectivity index (χ3n) is 4.26. The first-order valence-corrected chi connectivity index (χ1v) is 7.01. The van der Waals surface area contributed by atoms with E-state index < -0.39 is 0 Å². The van der Waals surface area contributed by atoms with E-state index in [9.17, 15) is 0 Å². The molecule has 1 aromatic heterocycles. The lowest BCUT2D eigenvalue weighted by molar-refractivity contribution is 0.357. The highest BCUT2D eigenvalue weighted by Gasteiger charge is 2.36. The maximum absolute atomic E-state index is 4.80. The van der Waals surface area contributed by atoms with Gasteiger partial charge in [-0.25, -0.2) is 4.98 Å². The van der Waals surface area contributed by atoms with Crippen molar-refractivity contribution in [3.63, 3.8) is 0 Å². The van der Waals surface area contributed by atoms with E-state index in [0.29, 0.717) is 0 Å². The lowest BCUT2D eigenvalue weighted by Gasteiger charge is -2.25. The van der Waals surface area contributed by atoms with Gasteiger partial charge in [0, 0.05) is 0 Å². The number of rotatable bonds is 3. The summed E-state index contributed by atoms with van der Waals surface area (Å²) in [6.45, 7) is 5.53. The quantitative estimate of drug-likeness (QED) is 0.869. The largest absolute Gasteiger partial charge is 0.340 e. The van der Waals surface area contributed by atoms with Crippen molar-refractivity contribution in [2.75, 3.05) is 6.54 Å². The Morgan fingerprint density at radius 2 is 2.22 bits per heavy atom. The van der Waals surface area contributed by atoms with Crippen LogP contribution in [-0.4, -0.2) is 16.5 Å². The van der Waals surface area contributed by atoms with E-state index in [1.165, 1.54) is 23.9 Å². The number of aryl methyl sites for hydroxylation is 1. The van der Waals surface area contributed by atoms with Gasteiger partial charge in [-0.1, -0.05) is 19.9 Å². The third kappa shape index (κ3) is 1.74. The first-order valence-electron chi connectivity index (χ1n) is 7.01. The van der Waals surface area contributed by atoms with Crippen molar-refractivity contribution < 1.29 is 0 Å². The van der Waals surface area contributed by atoms with Gasteiger partial charge in [0.05, 0.1) is 16.6 Å². The minimum Gasteiger partial charge on any atom is -0.340 e. The summed E-state index contributed by atoms with van der Waals surface area (Å²) < 4.78 is 0. The molecule has 1 atom stereocenters. The first-order chi connectivity index (χ1) is 8.77. The minimum absolute atomic E-state index is 0.0748. The molecule has 1 fully saturated rings. The van der Waals surface area contributed by atoms with Crippen molar-refractivity contribution in [2.24, 2.45) is 0 Å². The second-order valence-electron chi connectivity index (χ2n) is 5.26. The molecule has 3 rings (SSSR count). The van der Waals surface area contributed by atoms with Crippen molar-refractivity contribution in [3.8, 4) is 0 Å². The van der Waals surface area contributed by atoms with Crippen LogP contribution in [0.25, 0.3) is 11.0 Å². The van der Waals surface area contributed by atoms with Gasteiger partial charge in [0.2, 0.25) is 0 Å². The summed E-state index contributed by atoms with van der Waals surface area (Å²) in [5, 5.41) is 3.63. The standard InChI is InChI=1S/C15H21N3/c1-3-11-6-7-12-13(10-11)18-14(17-12)15(4-2)8-5-9-16-15/h6-7,10,16H,3-5,8-9H2,1-2H3,(H,17,18). The molecular weight excluding hydrogens is 222 g/mol. The second-order valence-corrected chi connectivity index (χ2v) is 5.26.